The minimum atomic E-state index is -0.384. The minimum absolute atomic E-state index is 0.232. The van der Waals surface area contributed by atoms with Crippen molar-refractivity contribution in [2.24, 2.45) is 0 Å². The molecule has 0 spiro atoms. The number of amides is 2. The van der Waals surface area contributed by atoms with Crippen LogP contribution >= 0.6 is 0 Å². The lowest BCUT2D eigenvalue weighted by atomic mass is 9.88. The molecule has 1 aliphatic heterocycles. The maximum absolute atomic E-state index is 11.8. The van der Waals surface area contributed by atoms with Crippen LogP contribution in [0.15, 0.2) is 0 Å². The summed E-state index contributed by atoms with van der Waals surface area (Å²) in [5, 5.41) is 2.83. The molecule has 0 aromatic rings. The van der Waals surface area contributed by atoms with Crippen molar-refractivity contribution in [1.29, 1.82) is 0 Å². The number of nitrogens with zero attached hydrogens (tertiary/aromatic N) is 1. The molecule has 2 saturated carbocycles. The number of piperazine rings is 1. The molecule has 1 saturated heterocycles. The summed E-state index contributed by atoms with van der Waals surface area (Å²) in [6.45, 7) is 0. The number of hydrogen-bond donors (Lipinski definition) is 1. The number of carbonyl (C=O) groups is 2. The van der Waals surface area contributed by atoms with E-state index in [1.54, 1.807) is 0 Å². The van der Waals surface area contributed by atoms with Crippen molar-refractivity contribution < 1.29 is 9.59 Å². The molecule has 3 aliphatic rings. The molecule has 4 nitrogen and oxygen atoms in total. The average molecular weight is 208 g/mol. The Morgan fingerprint density at radius 2 is 1.80 bits per heavy atom. The molecule has 0 aromatic carbocycles. The van der Waals surface area contributed by atoms with Crippen molar-refractivity contribution in [3.63, 3.8) is 0 Å². The van der Waals surface area contributed by atoms with E-state index in [2.05, 4.69) is 5.32 Å². The van der Waals surface area contributed by atoms with Crippen LogP contribution in [0, 0.1) is 0 Å². The second-order valence-corrected chi connectivity index (χ2v) is 4.88. The fourth-order valence-electron chi connectivity index (χ4n) is 3.04. The molecule has 1 N–H and O–H groups in total. The van der Waals surface area contributed by atoms with Gasteiger partial charge in [0.2, 0.25) is 0 Å². The summed E-state index contributed by atoms with van der Waals surface area (Å²) in [7, 11) is 0. The topological polar surface area (TPSA) is 49.4 Å². The van der Waals surface area contributed by atoms with Crippen LogP contribution in [0.25, 0.3) is 0 Å². The Bertz CT molecular complexity index is 312. The van der Waals surface area contributed by atoms with E-state index in [1.807, 2.05) is 4.90 Å². The first-order valence-electron chi connectivity index (χ1n) is 5.90. The highest BCUT2D eigenvalue weighted by Gasteiger charge is 2.46. The smallest absolute Gasteiger partial charge is 0.312 e. The molecule has 2 atom stereocenters. The Hall–Kier alpha value is -1.06. The van der Waals surface area contributed by atoms with Crippen LogP contribution in [0.1, 0.15) is 38.5 Å². The van der Waals surface area contributed by atoms with E-state index in [1.165, 1.54) is 6.42 Å². The summed E-state index contributed by atoms with van der Waals surface area (Å²) in [6, 6.07) is 0.880. The van der Waals surface area contributed by atoms with Crippen LogP contribution in [-0.4, -0.2) is 34.8 Å². The molecule has 15 heavy (non-hydrogen) atoms. The van der Waals surface area contributed by atoms with Crippen LogP contribution in [0.5, 0.6) is 0 Å². The zero-order valence-corrected chi connectivity index (χ0v) is 8.74. The number of carbonyl (C=O) groups excluding carboxylic acids is 2. The van der Waals surface area contributed by atoms with E-state index >= 15 is 0 Å². The van der Waals surface area contributed by atoms with E-state index in [4.69, 9.17) is 0 Å². The van der Waals surface area contributed by atoms with Gasteiger partial charge in [-0.25, -0.2) is 0 Å². The third-order valence-electron chi connectivity index (χ3n) is 4.05. The van der Waals surface area contributed by atoms with Crippen molar-refractivity contribution in [3.8, 4) is 0 Å². The summed E-state index contributed by atoms with van der Waals surface area (Å²) in [5.41, 5.74) is 0. The van der Waals surface area contributed by atoms with Crippen molar-refractivity contribution in [1.82, 2.24) is 10.2 Å². The molecular weight excluding hydrogens is 192 g/mol. The van der Waals surface area contributed by atoms with E-state index in [-0.39, 0.29) is 17.9 Å². The third-order valence-corrected chi connectivity index (χ3v) is 4.05. The Morgan fingerprint density at radius 1 is 1.07 bits per heavy atom. The number of nitrogens with one attached hydrogen (secondary N) is 1. The Labute approximate surface area is 89.0 Å². The summed E-state index contributed by atoms with van der Waals surface area (Å²) < 4.78 is 0. The molecule has 1 heterocycles. The fraction of sp³-hybridized carbons (Fsp3) is 0.818. The second-order valence-electron chi connectivity index (χ2n) is 4.88. The van der Waals surface area contributed by atoms with Crippen molar-refractivity contribution in [3.05, 3.63) is 0 Å². The first kappa shape index (κ1) is 9.19. The van der Waals surface area contributed by atoms with Gasteiger partial charge in [0.25, 0.3) is 0 Å². The molecular formula is C11H16N2O2. The zero-order valence-electron chi connectivity index (χ0n) is 8.74. The minimum Gasteiger partial charge on any atom is -0.343 e. The Kier molecular flexibility index (Phi) is 1.97. The van der Waals surface area contributed by atoms with Gasteiger partial charge >= 0.3 is 11.8 Å². The first-order chi connectivity index (χ1) is 7.27. The molecule has 4 heteroatoms. The lowest BCUT2D eigenvalue weighted by molar-refractivity contribution is -0.155. The van der Waals surface area contributed by atoms with Gasteiger partial charge in [0, 0.05) is 12.1 Å². The summed E-state index contributed by atoms with van der Waals surface area (Å²) in [5.74, 6) is -0.673. The van der Waals surface area contributed by atoms with E-state index in [0.717, 1.165) is 32.1 Å². The highest BCUT2D eigenvalue weighted by molar-refractivity contribution is 6.35. The van der Waals surface area contributed by atoms with Gasteiger partial charge in [-0.2, -0.15) is 0 Å². The lowest BCUT2D eigenvalue weighted by Crippen LogP contribution is -2.65. The van der Waals surface area contributed by atoms with Gasteiger partial charge in [-0.1, -0.05) is 0 Å². The Morgan fingerprint density at radius 3 is 2.47 bits per heavy atom. The zero-order chi connectivity index (χ0) is 10.4. The predicted molar refractivity (Wildman–Crippen MR) is 54.1 cm³/mol. The number of rotatable bonds is 1. The number of fused-ring (bicyclic) bond motifs is 1. The third kappa shape index (κ3) is 1.27. The van der Waals surface area contributed by atoms with Crippen molar-refractivity contribution >= 4 is 11.8 Å². The van der Waals surface area contributed by atoms with E-state index in [0.29, 0.717) is 12.1 Å². The van der Waals surface area contributed by atoms with Crippen LogP contribution in [0.3, 0.4) is 0 Å². The van der Waals surface area contributed by atoms with Crippen LogP contribution in [0.2, 0.25) is 0 Å². The molecule has 0 bridgehead atoms. The lowest BCUT2D eigenvalue weighted by Gasteiger charge is -2.45. The molecule has 3 rings (SSSR count). The summed E-state index contributed by atoms with van der Waals surface area (Å²) in [6.07, 6.45) is 6.60. The number of hydrogen-bond acceptors (Lipinski definition) is 2. The largest absolute Gasteiger partial charge is 0.343 e. The van der Waals surface area contributed by atoms with E-state index in [9.17, 15) is 9.59 Å². The highest BCUT2D eigenvalue weighted by Crippen LogP contribution is 2.34. The quantitative estimate of drug-likeness (QED) is 0.635. The summed E-state index contributed by atoms with van der Waals surface area (Å²) in [4.78, 5) is 25.2. The monoisotopic (exact) mass is 208 g/mol. The second kappa shape index (κ2) is 3.22. The highest BCUT2D eigenvalue weighted by atomic mass is 16.2. The maximum Gasteiger partial charge on any atom is 0.312 e. The fourth-order valence-corrected chi connectivity index (χ4v) is 3.04. The first-order valence-corrected chi connectivity index (χ1v) is 5.90. The van der Waals surface area contributed by atoms with Gasteiger partial charge in [0.05, 0.1) is 6.04 Å². The van der Waals surface area contributed by atoms with Gasteiger partial charge < -0.3 is 10.2 Å². The van der Waals surface area contributed by atoms with E-state index < -0.39 is 0 Å². The SMILES string of the molecule is O=C1NC2CCCC2N(C2CCC2)C1=O. The van der Waals surface area contributed by atoms with Gasteiger partial charge in [-0.15, -0.1) is 0 Å². The molecule has 0 aromatic heterocycles. The molecule has 82 valence electrons. The molecule has 0 radical (unpaired) electrons. The van der Waals surface area contributed by atoms with Crippen molar-refractivity contribution in [2.45, 2.75) is 56.7 Å². The summed E-state index contributed by atoms with van der Waals surface area (Å²) >= 11 is 0. The Balaban J connectivity index is 1.86. The average Bonchev–Trinajstić information content (AvgIpc) is 2.56. The van der Waals surface area contributed by atoms with Gasteiger partial charge in [0.15, 0.2) is 0 Å². The van der Waals surface area contributed by atoms with Crippen LogP contribution in [0.4, 0.5) is 0 Å². The van der Waals surface area contributed by atoms with Crippen molar-refractivity contribution in [2.75, 3.05) is 0 Å². The maximum atomic E-state index is 11.8. The van der Waals surface area contributed by atoms with Crippen LogP contribution in [-0.2, 0) is 9.59 Å². The molecule has 2 aliphatic carbocycles. The predicted octanol–water partition coefficient (Wildman–Crippen LogP) is 0.418. The molecule has 3 fully saturated rings. The van der Waals surface area contributed by atoms with Gasteiger partial charge in [-0.3, -0.25) is 9.59 Å². The standard InChI is InChI=1S/C11H16N2O2/c14-10-11(15)13(7-3-1-4-7)9-6-2-5-8(9)12-10/h7-9H,1-6H2,(H,12,14). The van der Waals surface area contributed by atoms with Crippen LogP contribution < -0.4 is 5.32 Å². The molecule has 2 amide bonds. The molecule has 2 unspecified atom stereocenters. The normalized spacial score (nSPS) is 36.1. The van der Waals surface area contributed by atoms with Gasteiger partial charge in [-0.05, 0) is 38.5 Å². The van der Waals surface area contributed by atoms with Gasteiger partial charge in [0.1, 0.15) is 0 Å².